The predicted molar refractivity (Wildman–Crippen MR) is 132 cm³/mol. The van der Waals surface area contributed by atoms with E-state index in [2.05, 4.69) is 0 Å². The maximum Gasteiger partial charge on any atom is 0.266 e. The molecule has 1 aliphatic heterocycles. The second-order valence-electron chi connectivity index (χ2n) is 7.06. The molecule has 3 aromatic rings. The Hall–Kier alpha value is -2.99. The highest BCUT2D eigenvalue weighted by atomic mass is 32.2. The molecule has 0 spiro atoms. The van der Waals surface area contributed by atoms with Crippen LogP contribution in [0.3, 0.4) is 0 Å². The minimum atomic E-state index is -4.22. The van der Waals surface area contributed by atoms with Crippen molar-refractivity contribution in [1.29, 1.82) is 0 Å². The summed E-state index contributed by atoms with van der Waals surface area (Å²) in [4.78, 5) is 14.4. The minimum Gasteiger partial charge on any atom is -0.497 e. The Morgan fingerprint density at radius 1 is 1.18 bits per heavy atom. The molecule has 8 nitrogen and oxygen atoms in total. The van der Waals surface area contributed by atoms with Gasteiger partial charge in [-0.25, -0.2) is 4.68 Å². The fourth-order valence-corrected chi connectivity index (χ4v) is 4.95. The van der Waals surface area contributed by atoms with Gasteiger partial charge in [0.2, 0.25) is 0 Å². The van der Waals surface area contributed by atoms with Crippen LogP contribution >= 0.6 is 24.0 Å². The number of para-hydroxylation sites is 1. The first-order chi connectivity index (χ1) is 15.7. The van der Waals surface area contributed by atoms with Crippen LogP contribution in [0.4, 0.5) is 0 Å². The maximum absolute atomic E-state index is 12.9. The molecule has 1 fully saturated rings. The van der Waals surface area contributed by atoms with Crippen molar-refractivity contribution < 1.29 is 22.5 Å². The number of methoxy groups -OCH3 is 1. The summed E-state index contributed by atoms with van der Waals surface area (Å²) in [6.45, 7) is -0.215. The lowest BCUT2D eigenvalue weighted by Gasteiger charge is -2.12. The van der Waals surface area contributed by atoms with E-state index in [0.29, 0.717) is 21.9 Å². The molecule has 2 heterocycles. The number of amides is 1. The summed E-state index contributed by atoms with van der Waals surface area (Å²) in [5.74, 6) is -0.338. The van der Waals surface area contributed by atoms with Gasteiger partial charge in [0.25, 0.3) is 16.0 Å². The van der Waals surface area contributed by atoms with Crippen molar-refractivity contribution in [1.82, 2.24) is 14.7 Å². The monoisotopic (exact) mass is 501 g/mol. The lowest BCUT2D eigenvalue weighted by Crippen LogP contribution is -2.32. The number of thioether (sulfide) groups is 1. The molecule has 2 aromatic carbocycles. The van der Waals surface area contributed by atoms with Crippen molar-refractivity contribution in [2.75, 3.05) is 19.4 Å². The Kier molecular flexibility index (Phi) is 6.66. The van der Waals surface area contributed by atoms with Gasteiger partial charge in [0, 0.05) is 23.9 Å². The third-order valence-corrected chi connectivity index (χ3v) is 6.92. The molecule has 0 bridgehead atoms. The lowest BCUT2D eigenvalue weighted by molar-refractivity contribution is -0.121. The second kappa shape index (κ2) is 9.48. The van der Waals surface area contributed by atoms with Gasteiger partial charge in [0.15, 0.2) is 0 Å². The van der Waals surface area contributed by atoms with Crippen molar-refractivity contribution in [3.05, 3.63) is 71.3 Å². The van der Waals surface area contributed by atoms with Crippen LogP contribution in [0.1, 0.15) is 5.56 Å². The van der Waals surface area contributed by atoms with E-state index >= 15 is 0 Å². The number of aromatic nitrogens is 2. The molecule has 4 rings (SSSR count). The maximum atomic E-state index is 12.9. The topological polar surface area (TPSA) is 102 Å². The van der Waals surface area contributed by atoms with Crippen LogP contribution in [-0.4, -0.2) is 57.3 Å². The number of carbonyl (C=O) groups excluding carboxylic acids is 1. The molecule has 0 aliphatic carbocycles. The fourth-order valence-electron chi connectivity index (χ4n) is 3.24. The van der Waals surface area contributed by atoms with E-state index in [4.69, 9.17) is 26.6 Å². The van der Waals surface area contributed by atoms with E-state index in [0.717, 1.165) is 23.0 Å². The van der Waals surface area contributed by atoms with Crippen LogP contribution in [0, 0.1) is 0 Å². The van der Waals surface area contributed by atoms with E-state index in [-0.39, 0.29) is 10.9 Å². The van der Waals surface area contributed by atoms with Gasteiger partial charge in [-0.15, -0.1) is 0 Å². The summed E-state index contributed by atoms with van der Waals surface area (Å²) >= 11 is 6.33. The van der Waals surface area contributed by atoms with Crippen LogP contribution in [-0.2, 0) is 14.9 Å². The van der Waals surface area contributed by atoms with Gasteiger partial charge in [-0.2, -0.15) is 13.5 Å². The highest BCUT2D eigenvalue weighted by molar-refractivity contribution is 8.26. The third kappa shape index (κ3) is 5.33. The smallest absolute Gasteiger partial charge is 0.266 e. The van der Waals surface area contributed by atoms with E-state index in [1.165, 1.54) is 4.90 Å². The zero-order chi connectivity index (χ0) is 23.6. The molecule has 170 valence electrons. The SMILES string of the molecule is COc1cccc(-c2nn(-c3ccccc3)cc2/C=C2\SC(=S)N(CCS(=O)(=O)O)C2=O)c1. The summed E-state index contributed by atoms with van der Waals surface area (Å²) in [5.41, 5.74) is 2.97. The van der Waals surface area contributed by atoms with Crippen molar-refractivity contribution in [2.45, 2.75) is 0 Å². The van der Waals surface area contributed by atoms with E-state index in [9.17, 15) is 13.2 Å². The molecule has 33 heavy (non-hydrogen) atoms. The Morgan fingerprint density at radius 2 is 1.94 bits per heavy atom. The molecule has 0 unspecified atom stereocenters. The predicted octanol–water partition coefficient (Wildman–Crippen LogP) is 3.64. The molecule has 11 heteroatoms. The molecule has 1 aliphatic rings. The quantitative estimate of drug-likeness (QED) is 0.298. The fraction of sp³-hybridized carbons (Fsp3) is 0.136. The van der Waals surface area contributed by atoms with Gasteiger partial charge in [-0.1, -0.05) is 54.3 Å². The van der Waals surface area contributed by atoms with Gasteiger partial charge in [-0.05, 0) is 30.3 Å². The summed E-state index contributed by atoms with van der Waals surface area (Å²) < 4.78 is 38.5. The van der Waals surface area contributed by atoms with Gasteiger partial charge in [0.05, 0.1) is 23.5 Å². The number of nitrogens with zero attached hydrogens (tertiary/aromatic N) is 3. The highest BCUT2D eigenvalue weighted by Gasteiger charge is 2.33. The van der Waals surface area contributed by atoms with Crippen molar-refractivity contribution in [3.63, 3.8) is 0 Å². The van der Waals surface area contributed by atoms with Gasteiger partial charge < -0.3 is 4.74 Å². The first-order valence-corrected chi connectivity index (χ1v) is 12.6. The minimum absolute atomic E-state index is 0.215. The normalized spacial score (nSPS) is 15.5. The van der Waals surface area contributed by atoms with Crippen LogP contribution in [0.2, 0.25) is 0 Å². The number of ether oxygens (including phenoxy) is 1. The first-order valence-electron chi connectivity index (χ1n) is 9.75. The molecule has 1 aromatic heterocycles. The Morgan fingerprint density at radius 3 is 2.64 bits per heavy atom. The number of carbonyl (C=O) groups is 1. The number of thiocarbonyl (C=S) groups is 1. The molecular weight excluding hydrogens is 482 g/mol. The van der Waals surface area contributed by atoms with Crippen LogP contribution in [0.25, 0.3) is 23.0 Å². The van der Waals surface area contributed by atoms with Gasteiger partial charge >= 0.3 is 0 Å². The summed E-state index contributed by atoms with van der Waals surface area (Å²) in [7, 11) is -2.64. The number of benzene rings is 2. The largest absolute Gasteiger partial charge is 0.497 e. The molecule has 0 atom stereocenters. The van der Waals surface area contributed by atoms with Crippen LogP contribution < -0.4 is 4.74 Å². The zero-order valence-electron chi connectivity index (χ0n) is 17.4. The standard InChI is InChI=1S/C22H19N3O5S3/c1-30-18-9-5-6-15(12-18)20-16(14-25(23-20)17-7-3-2-4-8-17)13-19-21(26)24(22(31)32-19)10-11-33(27,28)29/h2-9,12-14H,10-11H2,1H3,(H,27,28,29)/b19-13-. The number of hydrogen-bond donors (Lipinski definition) is 1. The molecule has 0 saturated carbocycles. The second-order valence-corrected chi connectivity index (χ2v) is 10.3. The Labute approximate surface area is 200 Å². The van der Waals surface area contributed by atoms with Crippen molar-refractivity contribution in [2.24, 2.45) is 0 Å². The number of rotatable bonds is 7. The first kappa shape index (κ1) is 23.2. The Balaban J connectivity index is 1.75. The third-order valence-electron chi connectivity index (χ3n) is 4.84. The average molecular weight is 502 g/mol. The average Bonchev–Trinajstić information content (AvgIpc) is 3.33. The number of hydrogen-bond acceptors (Lipinski definition) is 7. The molecule has 1 amide bonds. The zero-order valence-corrected chi connectivity index (χ0v) is 19.9. The molecule has 0 radical (unpaired) electrons. The molecule has 1 saturated heterocycles. The highest BCUT2D eigenvalue weighted by Crippen LogP contribution is 2.35. The van der Waals surface area contributed by atoms with Crippen molar-refractivity contribution >= 4 is 50.4 Å². The summed E-state index contributed by atoms with van der Waals surface area (Å²) in [6.07, 6.45) is 3.50. The van der Waals surface area contributed by atoms with E-state index < -0.39 is 21.8 Å². The van der Waals surface area contributed by atoms with Crippen molar-refractivity contribution in [3.8, 4) is 22.7 Å². The summed E-state index contributed by atoms with van der Waals surface area (Å²) in [6, 6.07) is 17.0. The Bertz CT molecular complexity index is 1350. The molecular formula is C22H19N3O5S3. The van der Waals surface area contributed by atoms with Gasteiger partial charge in [0.1, 0.15) is 15.8 Å². The van der Waals surface area contributed by atoms with Crippen LogP contribution in [0.15, 0.2) is 65.7 Å². The van der Waals surface area contributed by atoms with E-state index in [1.54, 1.807) is 17.9 Å². The lowest BCUT2D eigenvalue weighted by atomic mass is 10.1. The van der Waals surface area contributed by atoms with Gasteiger partial charge in [-0.3, -0.25) is 14.2 Å². The summed E-state index contributed by atoms with van der Waals surface area (Å²) in [5, 5.41) is 4.74. The van der Waals surface area contributed by atoms with Crippen LogP contribution in [0.5, 0.6) is 5.75 Å². The molecule has 1 N–H and O–H groups in total. The van der Waals surface area contributed by atoms with E-state index in [1.807, 2.05) is 60.8 Å².